The minimum atomic E-state index is 0.558. The largest absolute Gasteiger partial charge is 0.481 e. The van der Waals surface area contributed by atoms with Crippen molar-refractivity contribution in [1.82, 2.24) is 19.9 Å². The van der Waals surface area contributed by atoms with Gasteiger partial charge in [-0.15, -0.1) is 0 Å². The van der Waals surface area contributed by atoms with Crippen LogP contribution in [0.3, 0.4) is 0 Å². The number of nitrogens with zero attached hydrogens (tertiary/aromatic N) is 5. The average molecular weight is 327 g/mol. The fraction of sp³-hybridized carbons (Fsp3) is 0.500. The maximum Gasteiger partial charge on any atom is 0.228 e. The second-order valence-corrected chi connectivity index (χ2v) is 6.21. The van der Waals surface area contributed by atoms with Crippen molar-refractivity contribution < 1.29 is 4.74 Å². The van der Waals surface area contributed by atoms with Crippen LogP contribution in [0.4, 0.5) is 5.95 Å². The van der Waals surface area contributed by atoms with Crippen molar-refractivity contribution in [3.05, 3.63) is 42.4 Å². The molecule has 0 spiro atoms. The van der Waals surface area contributed by atoms with Gasteiger partial charge in [-0.2, -0.15) is 4.98 Å². The smallest absolute Gasteiger partial charge is 0.228 e. The van der Waals surface area contributed by atoms with Gasteiger partial charge in [0, 0.05) is 44.1 Å². The van der Waals surface area contributed by atoms with Gasteiger partial charge in [0.05, 0.1) is 12.8 Å². The first-order valence-corrected chi connectivity index (χ1v) is 8.48. The Balaban J connectivity index is 1.60. The quantitative estimate of drug-likeness (QED) is 0.840. The number of hydrogen-bond acceptors (Lipinski definition) is 6. The molecule has 2 aromatic heterocycles. The highest BCUT2D eigenvalue weighted by Crippen LogP contribution is 2.21. The summed E-state index contributed by atoms with van der Waals surface area (Å²) in [4.78, 5) is 18.0. The number of hydrogen-bond donors (Lipinski definition) is 0. The Bertz CT molecular complexity index is 636. The molecule has 1 aliphatic rings. The Kier molecular flexibility index (Phi) is 5.59. The van der Waals surface area contributed by atoms with Crippen LogP contribution in [0.2, 0.25) is 0 Å². The van der Waals surface area contributed by atoms with Crippen LogP contribution in [0.1, 0.15) is 25.0 Å². The highest BCUT2D eigenvalue weighted by Gasteiger charge is 2.22. The highest BCUT2D eigenvalue weighted by molar-refractivity contribution is 5.32. The van der Waals surface area contributed by atoms with Gasteiger partial charge in [-0.25, -0.2) is 4.98 Å². The summed E-state index contributed by atoms with van der Waals surface area (Å²) in [6, 6.07) is 8.43. The summed E-state index contributed by atoms with van der Waals surface area (Å²) in [6.07, 6.45) is 7.04. The van der Waals surface area contributed by atoms with Crippen molar-refractivity contribution in [1.29, 1.82) is 0 Å². The van der Waals surface area contributed by atoms with Crippen LogP contribution in [0.15, 0.2) is 36.7 Å². The molecule has 0 N–H and O–H groups in total. The molecule has 0 aromatic carbocycles. The number of ether oxygens (including phenoxy) is 1. The van der Waals surface area contributed by atoms with Gasteiger partial charge in [-0.05, 0) is 38.4 Å². The lowest BCUT2D eigenvalue weighted by Gasteiger charge is -2.27. The summed E-state index contributed by atoms with van der Waals surface area (Å²) in [5, 5.41) is 0. The molecule has 1 fully saturated rings. The van der Waals surface area contributed by atoms with Crippen molar-refractivity contribution in [3.8, 4) is 5.88 Å². The van der Waals surface area contributed by atoms with Gasteiger partial charge in [0.15, 0.2) is 0 Å². The van der Waals surface area contributed by atoms with Gasteiger partial charge in [0.1, 0.15) is 0 Å². The van der Waals surface area contributed by atoms with Gasteiger partial charge >= 0.3 is 0 Å². The lowest BCUT2D eigenvalue weighted by molar-refractivity contribution is 0.215. The predicted octanol–water partition coefficient (Wildman–Crippen LogP) is 2.37. The summed E-state index contributed by atoms with van der Waals surface area (Å²) >= 11 is 0. The van der Waals surface area contributed by atoms with Crippen molar-refractivity contribution in [2.75, 3.05) is 32.1 Å². The van der Waals surface area contributed by atoms with E-state index in [0.717, 1.165) is 44.1 Å². The molecule has 1 saturated heterocycles. The Morgan fingerprint density at radius 1 is 1.17 bits per heavy atom. The molecular weight excluding hydrogens is 302 g/mol. The van der Waals surface area contributed by atoms with Gasteiger partial charge in [-0.3, -0.25) is 9.88 Å². The number of anilines is 1. The molecule has 0 bridgehead atoms. The molecule has 1 atom stereocenters. The van der Waals surface area contributed by atoms with Crippen molar-refractivity contribution in [2.24, 2.45) is 0 Å². The number of pyridine rings is 1. The van der Waals surface area contributed by atoms with Crippen LogP contribution in [0.5, 0.6) is 5.88 Å². The molecule has 0 saturated carbocycles. The van der Waals surface area contributed by atoms with Crippen LogP contribution < -0.4 is 9.64 Å². The summed E-state index contributed by atoms with van der Waals surface area (Å²) in [7, 11) is 3.83. The number of rotatable bonds is 5. The number of aromatic nitrogens is 3. The van der Waals surface area contributed by atoms with E-state index in [0.29, 0.717) is 11.9 Å². The number of methoxy groups -OCH3 is 1. The van der Waals surface area contributed by atoms with Crippen molar-refractivity contribution in [3.63, 3.8) is 0 Å². The Hall–Kier alpha value is -2.21. The molecule has 0 unspecified atom stereocenters. The van der Waals surface area contributed by atoms with Crippen LogP contribution in [0.25, 0.3) is 0 Å². The fourth-order valence-electron chi connectivity index (χ4n) is 3.19. The van der Waals surface area contributed by atoms with Crippen LogP contribution in [-0.4, -0.2) is 53.1 Å². The molecule has 1 aliphatic heterocycles. The normalized spacial score (nSPS) is 18.5. The Morgan fingerprint density at radius 2 is 2.08 bits per heavy atom. The maximum absolute atomic E-state index is 5.21. The molecular formula is C18H25N5O. The summed E-state index contributed by atoms with van der Waals surface area (Å²) in [6.45, 7) is 2.84. The second kappa shape index (κ2) is 8.06. The highest BCUT2D eigenvalue weighted by atomic mass is 16.5. The molecule has 3 heterocycles. The lowest BCUT2D eigenvalue weighted by Crippen LogP contribution is -2.33. The third-order valence-corrected chi connectivity index (χ3v) is 4.57. The maximum atomic E-state index is 5.21. The molecule has 0 amide bonds. The van der Waals surface area contributed by atoms with Crippen LogP contribution in [0, 0.1) is 0 Å². The summed E-state index contributed by atoms with van der Waals surface area (Å²) in [5.41, 5.74) is 1.12. The van der Waals surface area contributed by atoms with E-state index in [-0.39, 0.29) is 0 Å². The van der Waals surface area contributed by atoms with E-state index in [4.69, 9.17) is 4.74 Å². The van der Waals surface area contributed by atoms with Crippen molar-refractivity contribution in [2.45, 2.75) is 31.8 Å². The molecule has 6 heteroatoms. The fourth-order valence-corrected chi connectivity index (χ4v) is 3.19. The monoisotopic (exact) mass is 327 g/mol. The SMILES string of the molecule is COc1ccnc(N2CCC[C@@H](N(C)Cc3ccccn3)CC2)n1. The molecule has 3 rings (SSSR count). The molecule has 0 radical (unpaired) electrons. The van der Waals surface area contributed by atoms with Gasteiger partial charge < -0.3 is 9.64 Å². The Morgan fingerprint density at radius 3 is 2.88 bits per heavy atom. The predicted molar refractivity (Wildman–Crippen MR) is 94.1 cm³/mol. The topological polar surface area (TPSA) is 54.4 Å². The second-order valence-electron chi connectivity index (χ2n) is 6.21. The first-order valence-electron chi connectivity index (χ1n) is 8.48. The van der Waals surface area contributed by atoms with Gasteiger partial charge in [-0.1, -0.05) is 6.07 Å². The molecule has 128 valence electrons. The van der Waals surface area contributed by atoms with E-state index in [9.17, 15) is 0 Å². The van der Waals surface area contributed by atoms with E-state index in [1.807, 2.05) is 18.3 Å². The van der Waals surface area contributed by atoms with E-state index in [2.05, 4.69) is 37.9 Å². The Labute approximate surface area is 143 Å². The third kappa shape index (κ3) is 4.20. The van der Waals surface area contributed by atoms with E-state index >= 15 is 0 Å². The minimum absolute atomic E-state index is 0.558. The zero-order valence-electron chi connectivity index (χ0n) is 14.4. The van der Waals surface area contributed by atoms with E-state index < -0.39 is 0 Å². The standard InChI is InChI=1S/C18H25N5O/c1-22(14-15-6-3-4-10-19-15)16-7-5-12-23(13-9-16)18-20-11-8-17(21-18)24-2/h3-4,6,8,10-11,16H,5,7,9,12-14H2,1-2H3/t16-/m1/s1. The van der Waals surface area contributed by atoms with E-state index in [1.165, 1.54) is 6.42 Å². The van der Waals surface area contributed by atoms with E-state index in [1.54, 1.807) is 19.4 Å². The molecule has 2 aromatic rings. The zero-order valence-corrected chi connectivity index (χ0v) is 14.4. The van der Waals surface area contributed by atoms with Gasteiger partial charge in [0.25, 0.3) is 0 Å². The summed E-state index contributed by atoms with van der Waals surface area (Å²) in [5.74, 6) is 1.38. The van der Waals surface area contributed by atoms with Crippen LogP contribution >= 0.6 is 0 Å². The lowest BCUT2D eigenvalue weighted by atomic mass is 10.1. The summed E-state index contributed by atoms with van der Waals surface area (Å²) < 4.78 is 5.21. The third-order valence-electron chi connectivity index (χ3n) is 4.57. The van der Waals surface area contributed by atoms with Crippen LogP contribution in [-0.2, 0) is 6.54 Å². The van der Waals surface area contributed by atoms with Gasteiger partial charge in [0.2, 0.25) is 11.8 Å². The van der Waals surface area contributed by atoms with Crippen molar-refractivity contribution >= 4 is 5.95 Å². The first kappa shape index (κ1) is 16.6. The molecule has 24 heavy (non-hydrogen) atoms. The first-order chi connectivity index (χ1) is 11.8. The zero-order chi connectivity index (χ0) is 16.8. The minimum Gasteiger partial charge on any atom is -0.481 e. The molecule has 6 nitrogen and oxygen atoms in total. The molecule has 0 aliphatic carbocycles. The average Bonchev–Trinajstić information content (AvgIpc) is 2.89.